The highest BCUT2D eigenvalue weighted by Crippen LogP contribution is 2.17. The number of thiophene rings is 1. The van der Waals surface area contributed by atoms with E-state index in [1.165, 1.54) is 41.7 Å². The molecule has 0 aliphatic heterocycles. The summed E-state index contributed by atoms with van der Waals surface area (Å²) >= 11 is 1.29. The third kappa shape index (κ3) is 5.01. The van der Waals surface area contributed by atoms with Gasteiger partial charge in [0.15, 0.2) is 0 Å². The SMILES string of the molecule is O=C(Cc1ccc(F)cc1)NNC(=O)c1ccccc1NC(=O)c1cccs1. The molecule has 0 aliphatic rings. The largest absolute Gasteiger partial charge is 0.321 e. The van der Waals surface area contributed by atoms with Crippen LogP contribution in [0.15, 0.2) is 66.0 Å². The molecule has 0 spiro atoms. The van der Waals surface area contributed by atoms with Crippen molar-refractivity contribution < 1.29 is 18.8 Å². The molecule has 6 nitrogen and oxygen atoms in total. The van der Waals surface area contributed by atoms with Crippen LogP contribution >= 0.6 is 11.3 Å². The Morgan fingerprint density at radius 2 is 1.61 bits per heavy atom. The highest BCUT2D eigenvalue weighted by Gasteiger charge is 2.15. The van der Waals surface area contributed by atoms with Crippen molar-refractivity contribution in [2.24, 2.45) is 0 Å². The van der Waals surface area contributed by atoms with Crippen molar-refractivity contribution in [1.29, 1.82) is 0 Å². The van der Waals surface area contributed by atoms with Gasteiger partial charge in [0, 0.05) is 0 Å². The van der Waals surface area contributed by atoms with Crippen LogP contribution in [-0.2, 0) is 11.2 Å². The van der Waals surface area contributed by atoms with Gasteiger partial charge in [0.25, 0.3) is 11.8 Å². The normalized spacial score (nSPS) is 10.2. The van der Waals surface area contributed by atoms with Crippen LogP contribution in [-0.4, -0.2) is 17.7 Å². The maximum absolute atomic E-state index is 12.9. The Morgan fingerprint density at radius 3 is 2.32 bits per heavy atom. The smallest absolute Gasteiger partial charge is 0.271 e. The molecule has 2 aromatic carbocycles. The zero-order valence-corrected chi connectivity index (χ0v) is 15.4. The Hall–Kier alpha value is -3.52. The van der Waals surface area contributed by atoms with E-state index in [0.29, 0.717) is 16.1 Å². The Balaban J connectivity index is 1.60. The number of hydrogen-bond donors (Lipinski definition) is 3. The first kappa shape index (κ1) is 19.2. The van der Waals surface area contributed by atoms with Crippen molar-refractivity contribution in [1.82, 2.24) is 10.9 Å². The molecule has 0 atom stereocenters. The van der Waals surface area contributed by atoms with Crippen LogP contribution in [0.4, 0.5) is 10.1 Å². The maximum atomic E-state index is 12.9. The number of hydrazine groups is 1. The Bertz CT molecular complexity index is 988. The fraction of sp³-hybridized carbons (Fsp3) is 0.0500. The van der Waals surface area contributed by atoms with E-state index >= 15 is 0 Å². The number of amides is 3. The average molecular weight is 397 g/mol. The molecule has 3 N–H and O–H groups in total. The summed E-state index contributed by atoms with van der Waals surface area (Å²) in [5.74, 6) is -1.75. The summed E-state index contributed by atoms with van der Waals surface area (Å²) in [4.78, 5) is 37.1. The lowest BCUT2D eigenvalue weighted by atomic mass is 10.1. The molecule has 3 aromatic rings. The minimum Gasteiger partial charge on any atom is -0.321 e. The fourth-order valence-corrected chi connectivity index (χ4v) is 3.03. The molecular weight excluding hydrogens is 381 g/mol. The van der Waals surface area contributed by atoms with E-state index in [4.69, 9.17) is 0 Å². The number of carbonyl (C=O) groups excluding carboxylic acids is 3. The van der Waals surface area contributed by atoms with E-state index in [-0.39, 0.29) is 17.9 Å². The number of halogens is 1. The lowest BCUT2D eigenvalue weighted by Gasteiger charge is -2.12. The standard InChI is InChI=1S/C20H16FN3O3S/c21-14-9-7-13(8-10-14)12-18(25)23-24-19(26)15-4-1-2-5-16(15)22-20(27)17-6-3-11-28-17/h1-11H,12H2,(H,22,27)(H,23,25)(H,24,26). The summed E-state index contributed by atoms with van der Waals surface area (Å²) in [6.45, 7) is 0. The van der Waals surface area contributed by atoms with Crippen molar-refractivity contribution in [3.8, 4) is 0 Å². The van der Waals surface area contributed by atoms with E-state index in [1.54, 1.807) is 35.7 Å². The second kappa shape index (κ2) is 8.92. The van der Waals surface area contributed by atoms with E-state index in [1.807, 2.05) is 0 Å². The van der Waals surface area contributed by atoms with Crippen LogP contribution in [0.2, 0.25) is 0 Å². The van der Waals surface area contributed by atoms with Gasteiger partial charge in [-0.1, -0.05) is 30.3 Å². The molecule has 3 rings (SSSR count). The van der Waals surface area contributed by atoms with Crippen molar-refractivity contribution in [2.75, 3.05) is 5.32 Å². The first-order valence-electron chi connectivity index (χ1n) is 8.30. The van der Waals surface area contributed by atoms with Crippen molar-refractivity contribution in [3.63, 3.8) is 0 Å². The van der Waals surface area contributed by atoms with Gasteiger partial charge in [-0.25, -0.2) is 4.39 Å². The third-order valence-corrected chi connectivity index (χ3v) is 4.63. The van der Waals surface area contributed by atoms with Crippen molar-refractivity contribution in [2.45, 2.75) is 6.42 Å². The predicted molar refractivity (Wildman–Crippen MR) is 104 cm³/mol. The highest BCUT2D eigenvalue weighted by atomic mass is 32.1. The molecular formula is C20H16FN3O3S. The summed E-state index contributed by atoms with van der Waals surface area (Å²) in [5, 5.41) is 4.47. The van der Waals surface area contributed by atoms with Crippen molar-refractivity contribution in [3.05, 3.63) is 87.9 Å². The van der Waals surface area contributed by atoms with E-state index < -0.39 is 17.6 Å². The van der Waals surface area contributed by atoms with Crippen LogP contribution in [0, 0.1) is 5.82 Å². The summed E-state index contributed by atoms with van der Waals surface area (Å²) in [5.41, 5.74) is 5.76. The molecule has 142 valence electrons. The van der Waals surface area contributed by atoms with Gasteiger partial charge < -0.3 is 5.32 Å². The summed E-state index contributed by atoms with van der Waals surface area (Å²) in [7, 11) is 0. The molecule has 3 amide bonds. The van der Waals surface area contributed by atoms with Crippen LogP contribution < -0.4 is 16.2 Å². The van der Waals surface area contributed by atoms with Crippen LogP contribution in [0.25, 0.3) is 0 Å². The average Bonchev–Trinajstić information content (AvgIpc) is 3.23. The van der Waals surface area contributed by atoms with Gasteiger partial charge in [0.2, 0.25) is 5.91 Å². The van der Waals surface area contributed by atoms with Gasteiger partial charge in [-0.3, -0.25) is 25.2 Å². The Kier molecular flexibility index (Phi) is 6.13. The number of anilines is 1. The zero-order valence-electron chi connectivity index (χ0n) is 14.6. The molecule has 0 radical (unpaired) electrons. The van der Waals surface area contributed by atoms with Crippen LogP contribution in [0.5, 0.6) is 0 Å². The molecule has 8 heteroatoms. The summed E-state index contributed by atoms with van der Waals surface area (Å²) in [6, 6.07) is 15.4. The van der Waals surface area contributed by atoms with E-state index in [9.17, 15) is 18.8 Å². The number of hydrogen-bond acceptors (Lipinski definition) is 4. The predicted octanol–water partition coefficient (Wildman–Crippen LogP) is 3.14. The number of nitrogens with one attached hydrogen (secondary N) is 3. The Morgan fingerprint density at radius 1 is 0.857 bits per heavy atom. The first-order chi connectivity index (χ1) is 13.5. The number of para-hydroxylation sites is 1. The van der Waals surface area contributed by atoms with Gasteiger partial charge in [0.1, 0.15) is 5.82 Å². The maximum Gasteiger partial charge on any atom is 0.271 e. The fourth-order valence-electron chi connectivity index (χ4n) is 2.41. The van der Waals surface area contributed by atoms with Crippen LogP contribution in [0.1, 0.15) is 25.6 Å². The van der Waals surface area contributed by atoms with Gasteiger partial charge in [-0.05, 0) is 41.3 Å². The quantitative estimate of drug-likeness (QED) is 0.578. The number of carbonyl (C=O) groups is 3. The molecule has 1 heterocycles. The van der Waals surface area contributed by atoms with Crippen molar-refractivity contribution >= 4 is 34.7 Å². The summed E-state index contributed by atoms with van der Waals surface area (Å²) in [6.07, 6.45) is -0.0165. The summed E-state index contributed by atoms with van der Waals surface area (Å²) < 4.78 is 12.9. The molecule has 0 saturated heterocycles. The minimum atomic E-state index is -0.575. The zero-order chi connectivity index (χ0) is 19.9. The minimum absolute atomic E-state index is 0.0165. The molecule has 28 heavy (non-hydrogen) atoms. The van der Waals surface area contributed by atoms with Gasteiger partial charge in [-0.2, -0.15) is 0 Å². The molecule has 1 aromatic heterocycles. The lowest BCUT2D eigenvalue weighted by molar-refractivity contribution is -0.121. The van der Waals surface area contributed by atoms with E-state index in [2.05, 4.69) is 16.2 Å². The van der Waals surface area contributed by atoms with E-state index in [0.717, 1.165) is 0 Å². The molecule has 0 saturated carbocycles. The van der Waals surface area contributed by atoms with Gasteiger partial charge in [-0.15, -0.1) is 11.3 Å². The third-order valence-electron chi connectivity index (χ3n) is 3.76. The molecule has 0 fully saturated rings. The lowest BCUT2D eigenvalue weighted by Crippen LogP contribution is -2.42. The molecule has 0 aliphatic carbocycles. The number of benzene rings is 2. The second-order valence-corrected chi connectivity index (χ2v) is 6.73. The number of rotatable bonds is 5. The molecule has 0 unspecified atom stereocenters. The molecule has 0 bridgehead atoms. The first-order valence-corrected chi connectivity index (χ1v) is 9.18. The van der Waals surface area contributed by atoms with Gasteiger partial charge >= 0.3 is 0 Å². The monoisotopic (exact) mass is 397 g/mol. The topological polar surface area (TPSA) is 87.3 Å². The Labute approximate surface area is 164 Å². The highest BCUT2D eigenvalue weighted by molar-refractivity contribution is 7.12. The van der Waals surface area contributed by atoms with Crippen LogP contribution in [0.3, 0.4) is 0 Å². The van der Waals surface area contributed by atoms with Gasteiger partial charge in [0.05, 0.1) is 22.5 Å². The second-order valence-electron chi connectivity index (χ2n) is 5.78.